The predicted octanol–water partition coefficient (Wildman–Crippen LogP) is 4.60. The van der Waals surface area contributed by atoms with Crippen molar-refractivity contribution in [3.05, 3.63) is 63.2 Å². The maximum atomic E-state index is 11.0. The maximum Gasteiger partial charge on any atom is 0.329 e. The monoisotopic (exact) mass is 277 g/mol. The molecule has 0 aliphatic carbocycles. The molecule has 0 aliphatic rings. The molecule has 0 unspecified atom stereocenters. The summed E-state index contributed by atoms with van der Waals surface area (Å²) in [4.78, 5) is 10.4. The molecule has 0 amide bonds. The Labute approximate surface area is 115 Å². The van der Waals surface area contributed by atoms with Gasteiger partial charge < -0.3 is 4.74 Å². The van der Waals surface area contributed by atoms with Crippen LogP contribution < -0.4 is 4.74 Å². The smallest absolute Gasteiger partial charge is 0.329 e. The largest absolute Gasteiger partial charge is 0.450 e. The zero-order valence-corrected chi connectivity index (χ0v) is 11.1. The molecule has 0 N–H and O–H groups in total. The summed E-state index contributed by atoms with van der Waals surface area (Å²) in [6.07, 6.45) is 0.928. The number of hydrogen-bond acceptors (Lipinski definition) is 3. The summed E-state index contributed by atoms with van der Waals surface area (Å²) in [6, 6.07) is 12.0. The van der Waals surface area contributed by atoms with Gasteiger partial charge in [-0.3, -0.25) is 10.1 Å². The van der Waals surface area contributed by atoms with Crippen molar-refractivity contribution in [2.24, 2.45) is 0 Å². The number of para-hydroxylation sites is 1. The van der Waals surface area contributed by atoms with Crippen LogP contribution in [0.15, 0.2) is 42.5 Å². The van der Waals surface area contributed by atoms with Crippen molar-refractivity contribution >= 4 is 17.3 Å². The summed E-state index contributed by atoms with van der Waals surface area (Å²) in [7, 11) is 0. The van der Waals surface area contributed by atoms with Gasteiger partial charge in [-0.2, -0.15) is 0 Å². The van der Waals surface area contributed by atoms with Crippen LogP contribution in [0.3, 0.4) is 0 Å². The molecule has 0 radical (unpaired) electrons. The lowest BCUT2D eigenvalue weighted by Gasteiger charge is -2.07. The first kappa shape index (κ1) is 13.4. The minimum Gasteiger partial charge on any atom is -0.450 e. The van der Waals surface area contributed by atoms with E-state index in [4.69, 9.17) is 16.3 Å². The molecular weight excluding hydrogens is 266 g/mol. The van der Waals surface area contributed by atoms with E-state index in [9.17, 15) is 10.1 Å². The highest BCUT2D eigenvalue weighted by Crippen LogP contribution is 2.36. The zero-order valence-electron chi connectivity index (χ0n) is 10.3. The molecule has 0 aliphatic heterocycles. The van der Waals surface area contributed by atoms with Crippen LogP contribution in [0.2, 0.25) is 5.02 Å². The van der Waals surface area contributed by atoms with Crippen molar-refractivity contribution in [2.45, 2.75) is 13.3 Å². The van der Waals surface area contributed by atoms with E-state index < -0.39 is 4.92 Å². The quantitative estimate of drug-likeness (QED) is 0.606. The lowest BCUT2D eigenvalue weighted by molar-refractivity contribution is -0.385. The standard InChI is InChI=1S/C14H12ClNO3/c1-2-10-6-8-11(9-7-10)19-13-5-3-4-12(15)14(13)16(17)18/h3-9H,2H2,1H3. The molecule has 2 rings (SSSR count). The third kappa shape index (κ3) is 3.03. The first-order chi connectivity index (χ1) is 9.11. The Kier molecular flexibility index (Phi) is 4.02. The van der Waals surface area contributed by atoms with E-state index in [0.29, 0.717) is 5.75 Å². The van der Waals surface area contributed by atoms with Crippen molar-refractivity contribution in [3.63, 3.8) is 0 Å². The van der Waals surface area contributed by atoms with E-state index in [-0.39, 0.29) is 16.5 Å². The molecule has 0 aromatic heterocycles. The van der Waals surface area contributed by atoms with Crippen LogP contribution in [-0.2, 0) is 6.42 Å². The molecule has 98 valence electrons. The third-order valence-corrected chi connectivity index (χ3v) is 3.00. The van der Waals surface area contributed by atoms with Crippen molar-refractivity contribution in [3.8, 4) is 11.5 Å². The molecular formula is C14H12ClNO3. The SMILES string of the molecule is CCc1ccc(Oc2cccc(Cl)c2[N+](=O)[O-])cc1. The molecule has 0 bridgehead atoms. The van der Waals surface area contributed by atoms with Crippen LogP contribution in [0, 0.1) is 10.1 Å². The number of halogens is 1. The van der Waals surface area contributed by atoms with Crippen molar-refractivity contribution < 1.29 is 9.66 Å². The van der Waals surface area contributed by atoms with Crippen LogP contribution in [0.4, 0.5) is 5.69 Å². The van der Waals surface area contributed by atoms with Crippen molar-refractivity contribution in [1.82, 2.24) is 0 Å². The summed E-state index contributed by atoms with van der Waals surface area (Å²) >= 11 is 5.82. The molecule has 2 aromatic rings. The van der Waals surface area contributed by atoms with Crippen LogP contribution >= 0.6 is 11.6 Å². The molecule has 0 atom stereocenters. The second-order valence-electron chi connectivity index (χ2n) is 3.94. The summed E-state index contributed by atoms with van der Waals surface area (Å²) in [5.41, 5.74) is 0.955. The number of nitro benzene ring substituents is 1. The minimum atomic E-state index is -0.544. The number of hydrogen-bond donors (Lipinski definition) is 0. The third-order valence-electron chi connectivity index (χ3n) is 2.69. The number of benzene rings is 2. The van der Waals surface area contributed by atoms with Gasteiger partial charge in [-0.15, -0.1) is 0 Å². The highest BCUT2D eigenvalue weighted by molar-refractivity contribution is 6.32. The summed E-state index contributed by atoms with van der Waals surface area (Å²) in [5, 5.41) is 11.0. The van der Waals surface area contributed by atoms with Gasteiger partial charge in [0.25, 0.3) is 0 Å². The lowest BCUT2D eigenvalue weighted by Crippen LogP contribution is -1.94. The van der Waals surface area contributed by atoms with Crippen LogP contribution in [0.5, 0.6) is 11.5 Å². The average Bonchev–Trinajstić information content (AvgIpc) is 2.39. The summed E-state index contributed by atoms with van der Waals surface area (Å²) < 4.78 is 5.53. The van der Waals surface area contributed by atoms with E-state index in [2.05, 4.69) is 6.92 Å². The highest BCUT2D eigenvalue weighted by atomic mass is 35.5. The van der Waals surface area contributed by atoms with Crippen molar-refractivity contribution in [2.75, 3.05) is 0 Å². The number of nitrogens with zero attached hydrogens (tertiary/aromatic N) is 1. The Morgan fingerprint density at radius 3 is 2.47 bits per heavy atom. The second kappa shape index (κ2) is 5.71. The topological polar surface area (TPSA) is 52.4 Å². The maximum absolute atomic E-state index is 11.0. The van der Waals surface area contributed by atoms with Crippen LogP contribution in [0.25, 0.3) is 0 Å². The van der Waals surface area contributed by atoms with Gasteiger partial charge in [0.1, 0.15) is 10.8 Å². The first-order valence-corrected chi connectivity index (χ1v) is 6.19. The molecule has 5 heteroatoms. The molecule has 0 fully saturated rings. The lowest BCUT2D eigenvalue weighted by atomic mass is 10.2. The Balaban J connectivity index is 2.32. The number of nitro groups is 1. The fourth-order valence-corrected chi connectivity index (χ4v) is 1.91. The Bertz CT molecular complexity index is 596. The molecule has 19 heavy (non-hydrogen) atoms. The van der Waals surface area contributed by atoms with Crippen LogP contribution in [-0.4, -0.2) is 4.92 Å². The normalized spacial score (nSPS) is 10.2. The molecule has 4 nitrogen and oxygen atoms in total. The van der Waals surface area contributed by atoms with E-state index in [0.717, 1.165) is 6.42 Å². The Morgan fingerprint density at radius 1 is 1.21 bits per heavy atom. The molecule has 0 spiro atoms. The zero-order chi connectivity index (χ0) is 13.8. The first-order valence-electron chi connectivity index (χ1n) is 5.81. The van der Waals surface area contributed by atoms with Gasteiger partial charge in [0.15, 0.2) is 0 Å². The Hall–Kier alpha value is -2.07. The molecule has 0 saturated carbocycles. The summed E-state index contributed by atoms with van der Waals surface area (Å²) in [6.45, 7) is 2.05. The molecule has 2 aromatic carbocycles. The Morgan fingerprint density at radius 2 is 1.89 bits per heavy atom. The van der Waals surface area contributed by atoms with Gasteiger partial charge in [0, 0.05) is 0 Å². The van der Waals surface area contributed by atoms with Gasteiger partial charge in [-0.1, -0.05) is 36.7 Å². The molecule has 0 heterocycles. The fourth-order valence-electron chi connectivity index (χ4n) is 1.68. The van der Waals surface area contributed by atoms with E-state index in [1.807, 2.05) is 12.1 Å². The number of aryl methyl sites for hydroxylation is 1. The second-order valence-corrected chi connectivity index (χ2v) is 4.35. The predicted molar refractivity (Wildman–Crippen MR) is 74.0 cm³/mol. The minimum absolute atomic E-state index is 0.0627. The van der Waals surface area contributed by atoms with E-state index in [1.54, 1.807) is 18.2 Å². The van der Waals surface area contributed by atoms with Gasteiger partial charge in [0.05, 0.1) is 4.92 Å². The van der Waals surface area contributed by atoms with Crippen LogP contribution in [0.1, 0.15) is 12.5 Å². The van der Waals surface area contributed by atoms with Crippen molar-refractivity contribution in [1.29, 1.82) is 0 Å². The van der Waals surface area contributed by atoms with Gasteiger partial charge in [-0.25, -0.2) is 0 Å². The fraction of sp³-hybridized carbons (Fsp3) is 0.143. The highest BCUT2D eigenvalue weighted by Gasteiger charge is 2.20. The number of ether oxygens (including phenoxy) is 1. The summed E-state index contributed by atoms with van der Waals surface area (Å²) in [5.74, 6) is 0.685. The van der Waals surface area contributed by atoms with E-state index in [1.165, 1.54) is 17.7 Å². The van der Waals surface area contributed by atoms with Gasteiger partial charge in [-0.05, 0) is 36.2 Å². The van der Waals surface area contributed by atoms with Gasteiger partial charge in [0.2, 0.25) is 5.75 Å². The number of rotatable bonds is 4. The molecule has 0 saturated heterocycles. The van der Waals surface area contributed by atoms with E-state index >= 15 is 0 Å². The average molecular weight is 278 g/mol. The van der Waals surface area contributed by atoms with Gasteiger partial charge >= 0.3 is 5.69 Å².